The number of hydrogen-bond acceptors (Lipinski definition) is 6. The Bertz CT molecular complexity index is 528. The van der Waals surface area contributed by atoms with Crippen LogP contribution in [0.2, 0.25) is 0 Å². The molecule has 6 nitrogen and oxygen atoms in total. The highest BCUT2D eigenvalue weighted by molar-refractivity contribution is 7.54. The van der Waals surface area contributed by atoms with Gasteiger partial charge >= 0.3 is 7.60 Å². The van der Waals surface area contributed by atoms with Crippen molar-refractivity contribution in [2.45, 2.75) is 32.2 Å². The molecule has 0 amide bonds. The van der Waals surface area contributed by atoms with Gasteiger partial charge < -0.3 is 13.8 Å². The highest BCUT2D eigenvalue weighted by Crippen LogP contribution is 2.59. The Morgan fingerprint density at radius 2 is 2.00 bits per heavy atom. The van der Waals surface area contributed by atoms with Crippen LogP contribution in [0.4, 0.5) is 0 Å². The first-order valence-corrected chi connectivity index (χ1v) is 9.07. The molecule has 2 atom stereocenters. The molecule has 1 aliphatic heterocycles. The van der Waals surface area contributed by atoms with Gasteiger partial charge in [-0.25, -0.2) is 0 Å². The van der Waals surface area contributed by atoms with Crippen molar-refractivity contribution >= 4 is 7.60 Å². The number of rotatable bonds is 7. The van der Waals surface area contributed by atoms with Crippen LogP contribution in [-0.2, 0) is 18.5 Å². The second-order valence-corrected chi connectivity index (χ2v) is 7.20. The van der Waals surface area contributed by atoms with Gasteiger partial charge in [0.2, 0.25) is 0 Å². The molecule has 2 rings (SSSR count). The van der Waals surface area contributed by atoms with Crippen molar-refractivity contribution in [1.29, 1.82) is 0 Å². The normalized spacial score (nSPS) is 22.9. The van der Waals surface area contributed by atoms with E-state index in [0.717, 1.165) is 11.3 Å². The van der Waals surface area contributed by atoms with E-state index in [4.69, 9.17) is 18.6 Å². The standard InChI is InChI=1S/C15H24NO5P/c1-5-19-22(17,20-6-2)15-11-14(21-16(15)3)12-8-7-9-13(10-12)18-4/h7-10,14-15H,5-6,11H2,1-4H3/t14-,15+/m0/s1. The predicted octanol–water partition coefficient (Wildman–Crippen LogP) is 3.60. The zero-order valence-corrected chi connectivity index (χ0v) is 14.4. The van der Waals surface area contributed by atoms with Crippen molar-refractivity contribution in [1.82, 2.24) is 5.06 Å². The van der Waals surface area contributed by atoms with Gasteiger partial charge in [-0.3, -0.25) is 9.40 Å². The molecular weight excluding hydrogens is 305 g/mol. The van der Waals surface area contributed by atoms with Gasteiger partial charge in [0.15, 0.2) is 0 Å². The molecule has 22 heavy (non-hydrogen) atoms. The number of methoxy groups -OCH3 is 1. The molecule has 0 radical (unpaired) electrons. The summed E-state index contributed by atoms with van der Waals surface area (Å²) in [4.78, 5) is 5.84. The lowest BCUT2D eigenvalue weighted by Crippen LogP contribution is -2.25. The molecule has 0 saturated carbocycles. The van der Waals surface area contributed by atoms with Gasteiger partial charge in [-0.1, -0.05) is 12.1 Å². The van der Waals surface area contributed by atoms with Gasteiger partial charge in [0.05, 0.1) is 20.3 Å². The van der Waals surface area contributed by atoms with Gasteiger partial charge in [0, 0.05) is 13.5 Å². The third-order valence-corrected chi connectivity index (χ3v) is 6.09. The molecule has 0 bridgehead atoms. The Labute approximate surface area is 131 Å². The Morgan fingerprint density at radius 1 is 1.32 bits per heavy atom. The van der Waals surface area contributed by atoms with E-state index in [-0.39, 0.29) is 6.10 Å². The summed E-state index contributed by atoms with van der Waals surface area (Å²) in [5, 5.41) is 1.59. The number of hydroxylamine groups is 2. The molecule has 0 aliphatic carbocycles. The lowest BCUT2D eigenvalue weighted by molar-refractivity contribution is -0.137. The average molecular weight is 329 g/mol. The number of ether oxygens (including phenoxy) is 1. The van der Waals surface area contributed by atoms with Crippen LogP contribution in [0, 0.1) is 0 Å². The van der Waals surface area contributed by atoms with Crippen molar-refractivity contribution in [2.75, 3.05) is 27.4 Å². The lowest BCUT2D eigenvalue weighted by atomic mass is 10.1. The average Bonchev–Trinajstić information content (AvgIpc) is 2.90. The molecule has 0 unspecified atom stereocenters. The third kappa shape index (κ3) is 3.70. The highest BCUT2D eigenvalue weighted by atomic mass is 31.2. The predicted molar refractivity (Wildman–Crippen MR) is 83.8 cm³/mol. The summed E-state index contributed by atoms with van der Waals surface area (Å²) in [5.74, 6) is 0.355. The van der Waals surface area contributed by atoms with Gasteiger partial charge in [0.25, 0.3) is 0 Å². The summed E-state index contributed by atoms with van der Waals surface area (Å²) in [6.07, 6.45) is 0.348. The van der Waals surface area contributed by atoms with Crippen LogP contribution in [0.5, 0.6) is 5.75 Å². The molecule has 0 N–H and O–H groups in total. The lowest BCUT2D eigenvalue weighted by Gasteiger charge is -2.25. The van der Waals surface area contributed by atoms with Crippen molar-refractivity contribution in [3.8, 4) is 5.75 Å². The van der Waals surface area contributed by atoms with E-state index < -0.39 is 13.4 Å². The molecule has 0 spiro atoms. The molecule has 7 heteroatoms. The Morgan fingerprint density at radius 3 is 2.59 bits per heavy atom. The summed E-state index contributed by atoms with van der Waals surface area (Å²) >= 11 is 0. The summed E-state index contributed by atoms with van der Waals surface area (Å²) in [7, 11) is 0.156. The number of hydrogen-bond donors (Lipinski definition) is 0. The fourth-order valence-electron chi connectivity index (χ4n) is 2.59. The van der Waals surface area contributed by atoms with Crippen molar-refractivity contribution in [3.05, 3.63) is 29.8 Å². The Kier molecular flexibility index (Phi) is 6.01. The largest absolute Gasteiger partial charge is 0.497 e. The molecular formula is C15H24NO5P. The second kappa shape index (κ2) is 7.57. The quantitative estimate of drug-likeness (QED) is 0.713. The van der Waals surface area contributed by atoms with E-state index in [1.54, 1.807) is 33.1 Å². The zero-order valence-electron chi connectivity index (χ0n) is 13.5. The summed E-state index contributed by atoms with van der Waals surface area (Å²) in [6, 6.07) is 7.68. The summed E-state index contributed by atoms with van der Waals surface area (Å²) < 4.78 is 29.1. The van der Waals surface area contributed by atoms with Crippen LogP contribution >= 0.6 is 7.60 Å². The monoisotopic (exact) mass is 329 g/mol. The minimum absolute atomic E-state index is 0.195. The van der Waals surface area contributed by atoms with Crippen LogP contribution in [0.25, 0.3) is 0 Å². The smallest absolute Gasteiger partial charge is 0.350 e. The van der Waals surface area contributed by atoms with Crippen LogP contribution in [0.3, 0.4) is 0 Å². The molecule has 1 aromatic rings. The first-order valence-electron chi connectivity index (χ1n) is 7.46. The fraction of sp³-hybridized carbons (Fsp3) is 0.600. The number of nitrogens with zero attached hydrogens (tertiary/aromatic N) is 1. The van der Waals surface area contributed by atoms with Gasteiger partial charge in [0.1, 0.15) is 17.6 Å². The summed E-state index contributed by atoms with van der Waals surface area (Å²) in [6.45, 7) is 4.29. The Hall–Kier alpha value is -0.910. The van der Waals surface area contributed by atoms with Crippen molar-refractivity contribution in [3.63, 3.8) is 0 Å². The maximum Gasteiger partial charge on any atom is 0.350 e. The second-order valence-electron chi connectivity index (χ2n) is 5.01. The van der Waals surface area contributed by atoms with E-state index in [0.29, 0.717) is 19.6 Å². The SMILES string of the molecule is CCOP(=O)(OCC)[C@@H]1C[C@@H](c2cccc(OC)c2)ON1C. The maximum absolute atomic E-state index is 12.9. The van der Waals surface area contributed by atoms with Crippen LogP contribution in [0.15, 0.2) is 24.3 Å². The molecule has 1 saturated heterocycles. The third-order valence-electron chi connectivity index (χ3n) is 3.59. The molecule has 1 heterocycles. The molecule has 1 aliphatic rings. The molecule has 124 valence electrons. The van der Waals surface area contributed by atoms with Gasteiger partial charge in [-0.2, -0.15) is 5.06 Å². The molecule has 0 aromatic heterocycles. The van der Waals surface area contributed by atoms with Crippen molar-refractivity contribution < 1.29 is 23.2 Å². The first kappa shape index (κ1) is 17.4. The van der Waals surface area contributed by atoms with E-state index in [1.165, 1.54) is 0 Å². The van der Waals surface area contributed by atoms with Gasteiger partial charge in [-0.05, 0) is 31.5 Å². The number of benzene rings is 1. The van der Waals surface area contributed by atoms with E-state index in [9.17, 15) is 4.57 Å². The van der Waals surface area contributed by atoms with Crippen molar-refractivity contribution in [2.24, 2.45) is 0 Å². The fourth-order valence-corrected chi connectivity index (χ4v) is 4.63. The molecule has 1 aromatic carbocycles. The summed E-state index contributed by atoms with van der Waals surface area (Å²) in [5.41, 5.74) is 0.980. The van der Waals surface area contributed by atoms with E-state index in [1.807, 2.05) is 24.3 Å². The van der Waals surface area contributed by atoms with E-state index >= 15 is 0 Å². The Balaban J connectivity index is 2.18. The minimum atomic E-state index is -3.23. The van der Waals surface area contributed by atoms with E-state index in [2.05, 4.69) is 0 Å². The minimum Gasteiger partial charge on any atom is -0.497 e. The zero-order chi connectivity index (χ0) is 16.2. The topological polar surface area (TPSA) is 57.2 Å². The van der Waals surface area contributed by atoms with Crippen LogP contribution < -0.4 is 4.74 Å². The maximum atomic E-state index is 12.9. The van der Waals surface area contributed by atoms with Gasteiger partial charge in [-0.15, -0.1) is 0 Å². The molecule has 1 fully saturated rings. The first-order chi connectivity index (χ1) is 10.5. The van der Waals surface area contributed by atoms with Crippen LogP contribution in [-0.4, -0.2) is 38.2 Å². The van der Waals surface area contributed by atoms with Crippen LogP contribution in [0.1, 0.15) is 31.9 Å². The highest BCUT2D eigenvalue weighted by Gasteiger charge is 2.46.